The van der Waals surface area contributed by atoms with E-state index < -0.39 is 29.3 Å². The highest BCUT2D eigenvalue weighted by molar-refractivity contribution is 9.10. The van der Waals surface area contributed by atoms with Crippen LogP contribution >= 0.6 is 15.9 Å². The smallest absolute Gasteiger partial charge is 0.348 e. The van der Waals surface area contributed by atoms with Crippen molar-refractivity contribution in [1.29, 1.82) is 0 Å². The van der Waals surface area contributed by atoms with Crippen LogP contribution in [0.5, 0.6) is 0 Å². The first-order valence-corrected chi connectivity index (χ1v) is 7.09. The fourth-order valence-electron chi connectivity index (χ4n) is 1.89. The fourth-order valence-corrected chi connectivity index (χ4v) is 2.27. The number of hydrogen-bond donors (Lipinski definition) is 0. The zero-order valence-corrected chi connectivity index (χ0v) is 13.1. The number of halogens is 2. The highest BCUT2D eigenvalue weighted by Crippen LogP contribution is 2.31. The predicted octanol–water partition coefficient (Wildman–Crippen LogP) is 3.10. The minimum Gasteiger partial charge on any atom is -0.462 e. The molecule has 0 unspecified atom stereocenters. The topological polar surface area (TPSA) is 52.6 Å². The number of rotatable bonds is 3. The Labute approximate surface area is 130 Å². The van der Waals surface area contributed by atoms with Gasteiger partial charge in [0.25, 0.3) is 0 Å². The number of ether oxygens (including phenoxy) is 2. The molecule has 1 aromatic carbocycles. The van der Waals surface area contributed by atoms with Gasteiger partial charge in [0.05, 0.1) is 0 Å². The fraction of sp³-hybridized carbons (Fsp3) is 0.333. The first kappa shape index (κ1) is 15.7. The maximum absolute atomic E-state index is 13.5. The monoisotopic (exact) mass is 356 g/mol. The van der Waals surface area contributed by atoms with Gasteiger partial charge in [-0.15, -0.1) is 0 Å². The van der Waals surface area contributed by atoms with E-state index in [1.165, 1.54) is 18.2 Å². The molecule has 1 aliphatic rings. The molecule has 1 fully saturated rings. The molecule has 0 saturated carbocycles. The summed E-state index contributed by atoms with van der Waals surface area (Å²) in [4.78, 5) is 23.3. The van der Waals surface area contributed by atoms with Crippen molar-refractivity contribution in [2.75, 3.05) is 6.61 Å². The molecule has 1 saturated heterocycles. The van der Waals surface area contributed by atoms with Gasteiger partial charge in [-0.3, -0.25) is 0 Å². The van der Waals surface area contributed by atoms with E-state index in [0.717, 1.165) is 6.08 Å². The maximum Gasteiger partial charge on any atom is 0.348 e. The summed E-state index contributed by atoms with van der Waals surface area (Å²) in [6.07, 6.45) is 1.45. The van der Waals surface area contributed by atoms with E-state index in [9.17, 15) is 14.0 Å². The van der Waals surface area contributed by atoms with Gasteiger partial charge in [-0.1, -0.05) is 29.8 Å². The Morgan fingerprint density at radius 2 is 2.24 bits per heavy atom. The number of hydrogen-bond acceptors (Lipinski definition) is 4. The summed E-state index contributed by atoms with van der Waals surface area (Å²) in [7, 11) is 0. The summed E-state index contributed by atoms with van der Waals surface area (Å²) >= 11 is 3.22. The molecule has 0 spiro atoms. The molecule has 4 nitrogen and oxygen atoms in total. The van der Waals surface area contributed by atoms with Crippen molar-refractivity contribution in [3.05, 3.63) is 40.1 Å². The Hall–Kier alpha value is -1.69. The molecule has 0 amide bonds. The van der Waals surface area contributed by atoms with Crippen LogP contribution in [0, 0.1) is 11.2 Å². The number of carbonyl (C=O) groups excluding carboxylic acids is 2. The number of carbonyl (C=O) groups is 2. The lowest BCUT2D eigenvalue weighted by Crippen LogP contribution is -2.34. The summed E-state index contributed by atoms with van der Waals surface area (Å²) < 4.78 is 24.2. The molecular weight excluding hydrogens is 343 g/mol. The first-order chi connectivity index (χ1) is 9.79. The van der Waals surface area contributed by atoms with Gasteiger partial charge in [0, 0.05) is 21.5 Å². The van der Waals surface area contributed by atoms with Gasteiger partial charge >= 0.3 is 11.9 Å². The van der Waals surface area contributed by atoms with E-state index in [1.807, 2.05) is 0 Å². The van der Waals surface area contributed by atoms with Crippen LogP contribution < -0.4 is 0 Å². The van der Waals surface area contributed by atoms with Crippen molar-refractivity contribution in [2.45, 2.75) is 20.0 Å². The van der Waals surface area contributed by atoms with Crippen LogP contribution in [0.2, 0.25) is 0 Å². The lowest BCUT2D eigenvalue weighted by atomic mass is 9.90. The van der Waals surface area contributed by atoms with Crippen LogP contribution in [0.1, 0.15) is 19.4 Å². The van der Waals surface area contributed by atoms with Crippen LogP contribution in [0.4, 0.5) is 4.39 Å². The Kier molecular flexibility index (Phi) is 4.46. The van der Waals surface area contributed by atoms with Gasteiger partial charge in [-0.25, -0.2) is 14.0 Å². The molecule has 0 N–H and O–H groups in total. The molecule has 1 aliphatic heterocycles. The van der Waals surface area contributed by atoms with Gasteiger partial charge < -0.3 is 9.47 Å². The van der Waals surface area contributed by atoms with Crippen LogP contribution in [-0.4, -0.2) is 24.6 Å². The van der Waals surface area contributed by atoms with Gasteiger partial charge in [0.1, 0.15) is 12.4 Å². The van der Waals surface area contributed by atoms with Crippen LogP contribution in [-0.2, 0) is 19.1 Å². The highest BCUT2D eigenvalue weighted by Gasteiger charge is 2.46. The van der Waals surface area contributed by atoms with Gasteiger partial charge in [-0.05, 0) is 24.3 Å². The van der Waals surface area contributed by atoms with Crippen molar-refractivity contribution < 1.29 is 23.5 Å². The summed E-state index contributed by atoms with van der Waals surface area (Å²) in [6.45, 7) is 3.74. The average molecular weight is 357 g/mol. The summed E-state index contributed by atoms with van der Waals surface area (Å²) in [5, 5.41) is 0. The summed E-state index contributed by atoms with van der Waals surface area (Å²) in [5.74, 6) is -1.73. The van der Waals surface area contributed by atoms with Crippen molar-refractivity contribution >= 4 is 33.9 Å². The molecule has 6 heteroatoms. The lowest BCUT2D eigenvalue weighted by molar-refractivity contribution is -0.159. The van der Waals surface area contributed by atoms with E-state index in [0.29, 0.717) is 4.47 Å². The molecule has 0 bridgehead atoms. The molecule has 1 atom stereocenters. The Balaban J connectivity index is 2.06. The number of benzene rings is 1. The SMILES string of the molecule is CC1(C)COC(=O)[C@@H]1OC(=O)C=Cc1cc(Br)ccc1F. The largest absolute Gasteiger partial charge is 0.462 e. The Bertz CT molecular complexity index is 610. The second-order valence-electron chi connectivity index (χ2n) is 5.41. The maximum atomic E-state index is 13.5. The molecule has 1 aromatic rings. The minimum absolute atomic E-state index is 0.202. The first-order valence-electron chi connectivity index (χ1n) is 6.30. The van der Waals surface area contributed by atoms with E-state index in [4.69, 9.17) is 9.47 Å². The number of cyclic esters (lactones) is 1. The lowest BCUT2D eigenvalue weighted by Gasteiger charge is -2.20. The van der Waals surface area contributed by atoms with Gasteiger partial charge in [-0.2, -0.15) is 0 Å². The van der Waals surface area contributed by atoms with E-state index >= 15 is 0 Å². The standard InChI is InChI=1S/C15H14BrFO4/c1-15(2)8-20-14(19)13(15)21-12(18)6-3-9-7-10(16)4-5-11(9)17/h3-7,13H,8H2,1-2H3/t13-/m0/s1. The van der Waals surface area contributed by atoms with E-state index in [1.54, 1.807) is 19.9 Å². The second-order valence-corrected chi connectivity index (χ2v) is 6.33. The quantitative estimate of drug-likeness (QED) is 0.616. The molecule has 0 radical (unpaired) electrons. The number of esters is 2. The van der Waals surface area contributed by atoms with E-state index in [-0.39, 0.29) is 12.2 Å². The van der Waals surface area contributed by atoms with Crippen LogP contribution in [0.3, 0.4) is 0 Å². The van der Waals surface area contributed by atoms with Crippen molar-refractivity contribution in [2.24, 2.45) is 5.41 Å². The van der Waals surface area contributed by atoms with Crippen LogP contribution in [0.25, 0.3) is 6.08 Å². The average Bonchev–Trinajstić information content (AvgIpc) is 2.67. The van der Waals surface area contributed by atoms with Gasteiger partial charge in [0.15, 0.2) is 0 Å². The molecule has 0 aliphatic carbocycles. The van der Waals surface area contributed by atoms with Crippen LogP contribution in [0.15, 0.2) is 28.7 Å². The normalized spacial score (nSPS) is 20.6. The van der Waals surface area contributed by atoms with Crippen molar-refractivity contribution in [3.8, 4) is 0 Å². The molecular formula is C15H14BrFO4. The molecule has 112 valence electrons. The third kappa shape index (κ3) is 3.69. The highest BCUT2D eigenvalue weighted by atomic mass is 79.9. The predicted molar refractivity (Wildman–Crippen MR) is 77.8 cm³/mol. The zero-order valence-electron chi connectivity index (χ0n) is 11.6. The Morgan fingerprint density at radius 3 is 2.86 bits per heavy atom. The summed E-state index contributed by atoms with van der Waals surface area (Å²) in [5.41, 5.74) is -0.323. The Morgan fingerprint density at radius 1 is 1.52 bits per heavy atom. The van der Waals surface area contributed by atoms with Crippen molar-refractivity contribution in [1.82, 2.24) is 0 Å². The molecule has 0 aromatic heterocycles. The van der Waals surface area contributed by atoms with Gasteiger partial charge in [0.2, 0.25) is 6.10 Å². The summed E-state index contributed by atoms with van der Waals surface area (Å²) in [6, 6.07) is 4.38. The van der Waals surface area contributed by atoms with Crippen molar-refractivity contribution in [3.63, 3.8) is 0 Å². The third-order valence-corrected chi connectivity index (χ3v) is 3.59. The minimum atomic E-state index is -0.943. The second kappa shape index (κ2) is 5.97. The molecule has 1 heterocycles. The zero-order chi connectivity index (χ0) is 15.6. The molecule has 2 rings (SSSR count). The van der Waals surface area contributed by atoms with E-state index in [2.05, 4.69) is 15.9 Å². The third-order valence-electron chi connectivity index (χ3n) is 3.10. The molecule has 21 heavy (non-hydrogen) atoms.